The number of aromatic nitrogens is 1. The summed E-state index contributed by atoms with van der Waals surface area (Å²) in [5.41, 5.74) is 5.51. The predicted molar refractivity (Wildman–Crippen MR) is 66.5 cm³/mol. The molecule has 0 bridgehead atoms. The summed E-state index contributed by atoms with van der Waals surface area (Å²) in [4.78, 5) is 4.63. The third-order valence-electron chi connectivity index (χ3n) is 3.02. The van der Waals surface area contributed by atoms with E-state index in [0.29, 0.717) is 5.92 Å². The van der Waals surface area contributed by atoms with E-state index in [-0.39, 0.29) is 5.41 Å². The summed E-state index contributed by atoms with van der Waals surface area (Å²) in [5.74, 6) is 0.560. The van der Waals surface area contributed by atoms with E-state index in [2.05, 4.69) is 53.5 Å². The first-order valence-electron chi connectivity index (χ1n) is 5.71. The highest BCUT2D eigenvalue weighted by Gasteiger charge is 2.20. The monoisotopic (exact) mass is 205 g/mol. The zero-order valence-electron chi connectivity index (χ0n) is 11.1. The molecule has 0 aliphatic rings. The number of hydrogen-bond acceptors (Lipinski definition) is 1. The highest BCUT2D eigenvalue weighted by molar-refractivity contribution is 5.38. The Morgan fingerprint density at radius 2 is 1.60 bits per heavy atom. The topological polar surface area (TPSA) is 12.9 Å². The average Bonchev–Trinajstić information content (AvgIpc) is 2.06. The molecule has 0 N–H and O–H groups in total. The van der Waals surface area contributed by atoms with Crippen molar-refractivity contribution in [2.45, 2.75) is 59.8 Å². The fraction of sp³-hybridized carbons (Fsp3) is 0.643. The minimum Gasteiger partial charge on any atom is -0.260 e. The van der Waals surface area contributed by atoms with Crippen LogP contribution in [0.2, 0.25) is 0 Å². The lowest BCUT2D eigenvalue weighted by molar-refractivity contribution is 0.561. The molecule has 1 rings (SSSR count). The van der Waals surface area contributed by atoms with Crippen molar-refractivity contribution in [3.63, 3.8) is 0 Å². The maximum Gasteiger partial charge on any atom is 0.0489 e. The summed E-state index contributed by atoms with van der Waals surface area (Å²) in [6.45, 7) is 15.5. The van der Waals surface area contributed by atoms with Crippen LogP contribution in [0.15, 0.2) is 6.20 Å². The van der Waals surface area contributed by atoms with Crippen LogP contribution in [0.3, 0.4) is 0 Å². The second-order valence-corrected chi connectivity index (χ2v) is 5.72. The summed E-state index contributed by atoms with van der Waals surface area (Å²) in [7, 11) is 0. The Labute approximate surface area is 93.9 Å². The second-order valence-electron chi connectivity index (χ2n) is 5.72. The van der Waals surface area contributed by atoms with Gasteiger partial charge in [0, 0.05) is 17.3 Å². The summed E-state index contributed by atoms with van der Waals surface area (Å²) < 4.78 is 0. The number of nitrogens with zero attached hydrogens (tertiary/aromatic N) is 1. The molecule has 0 atom stereocenters. The molecule has 84 valence electrons. The van der Waals surface area contributed by atoms with E-state index in [1.165, 1.54) is 22.4 Å². The first kappa shape index (κ1) is 12.2. The molecule has 0 unspecified atom stereocenters. The summed E-state index contributed by atoms with van der Waals surface area (Å²) in [6, 6.07) is 0. The van der Waals surface area contributed by atoms with E-state index in [1.807, 2.05) is 6.20 Å². The second kappa shape index (κ2) is 3.96. The van der Waals surface area contributed by atoms with Gasteiger partial charge >= 0.3 is 0 Å². The van der Waals surface area contributed by atoms with Gasteiger partial charge in [-0.25, -0.2) is 0 Å². The first-order chi connectivity index (χ1) is 6.75. The summed E-state index contributed by atoms with van der Waals surface area (Å²) in [6.07, 6.45) is 2.05. The Kier molecular flexibility index (Phi) is 3.22. The van der Waals surface area contributed by atoms with Crippen molar-refractivity contribution in [2.24, 2.45) is 0 Å². The van der Waals surface area contributed by atoms with Crippen LogP contribution in [-0.2, 0) is 5.41 Å². The normalized spacial score (nSPS) is 12.3. The molecule has 0 fully saturated rings. The molecule has 1 heteroatoms. The molecule has 0 amide bonds. The first-order valence-corrected chi connectivity index (χ1v) is 5.71. The smallest absolute Gasteiger partial charge is 0.0489 e. The van der Waals surface area contributed by atoms with Crippen molar-refractivity contribution >= 4 is 0 Å². The molecule has 1 heterocycles. The molecule has 0 saturated carbocycles. The van der Waals surface area contributed by atoms with Crippen LogP contribution in [0.4, 0.5) is 0 Å². The Morgan fingerprint density at radius 3 is 2.00 bits per heavy atom. The Bertz CT molecular complexity index is 356. The van der Waals surface area contributed by atoms with Gasteiger partial charge in [-0.3, -0.25) is 4.98 Å². The Hall–Kier alpha value is -0.850. The van der Waals surface area contributed by atoms with Gasteiger partial charge in [0.15, 0.2) is 0 Å². The summed E-state index contributed by atoms with van der Waals surface area (Å²) >= 11 is 0. The van der Waals surface area contributed by atoms with Crippen LogP contribution in [0.1, 0.15) is 62.9 Å². The molecule has 0 aliphatic heterocycles. The van der Waals surface area contributed by atoms with Crippen molar-refractivity contribution in [2.75, 3.05) is 0 Å². The minimum atomic E-state index is 0.143. The maximum absolute atomic E-state index is 4.63. The van der Waals surface area contributed by atoms with E-state index in [1.54, 1.807) is 0 Å². The van der Waals surface area contributed by atoms with Crippen molar-refractivity contribution in [1.82, 2.24) is 4.98 Å². The van der Waals surface area contributed by atoms with Gasteiger partial charge in [0.05, 0.1) is 0 Å². The van der Waals surface area contributed by atoms with Crippen LogP contribution < -0.4 is 0 Å². The molecule has 1 nitrogen and oxygen atoms in total. The van der Waals surface area contributed by atoms with Gasteiger partial charge in [-0.15, -0.1) is 0 Å². The van der Waals surface area contributed by atoms with Gasteiger partial charge in [0.25, 0.3) is 0 Å². The minimum absolute atomic E-state index is 0.143. The van der Waals surface area contributed by atoms with Gasteiger partial charge in [0.2, 0.25) is 0 Å². The van der Waals surface area contributed by atoms with Crippen LogP contribution in [-0.4, -0.2) is 4.98 Å². The zero-order valence-corrected chi connectivity index (χ0v) is 11.1. The standard InChI is InChI=1S/C14H23N/c1-9(2)12-8-15-13(14(5,6)7)11(4)10(12)3/h8-9H,1-7H3. The molecule has 1 aromatic heterocycles. The summed E-state index contributed by atoms with van der Waals surface area (Å²) in [5, 5.41) is 0. The molecule has 0 aromatic carbocycles. The van der Waals surface area contributed by atoms with Gasteiger partial charge < -0.3 is 0 Å². The van der Waals surface area contributed by atoms with Gasteiger partial charge in [-0.1, -0.05) is 34.6 Å². The SMILES string of the molecule is Cc1c(C(C)C)cnc(C(C)(C)C)c1C. The maximum atomic E-state index is 4.63. The molecule has 0 aliphatic carbocycles. The molecular weight excluding hydrogens is 182 g/mol. The van der Waals surface area contributed by atoms with E-state index in [0.717, 1.165) is 0 Å². The molecule has 0 saturated heterocycles. The zero-order chi connectivity index (χ0) is 11.8. The number of pyridine rings is 1. The molecule has 0 spiro atoms. The molecule has 0 radical (unpaired) electrons. The predicted octanol–water partition coefficient (Wildman–Crippen LogP) is 4.12. The molecular formula is C14H23N. The highest BCUT2D eigenvalue weighted by atomic mass is 14.7. The van der Waals surface area contributed by atoms with Crippen LogP contribution in [0.5, 0.6) is 0 Å². The van der Waals surface area contributed by atoms with Crippen molar-refractivity contribution in [3.05, 3.63) is 28.6 Å². The third-order valence-corrected chi connectivity index (χ3v) is 3.02. The lowest BCUT2D eigenvalue weighted by Crippen LogP contribution is -2.17. The van der Waals surface area contributed by atoms with Gasteiger partial charge in [-0.05, 0) is 36.5 Å². The average molecular weight is 205 g/mol. The third kappa shape index (κ3) is 2.39. The quantitative estimate of drug-likeness (QED) is 0.672. The van der Waals surface area contributed by atoms with Crippen molar-refractivity contribution in [1.29, 1.82) is 0 Å². The molecule has 1 aromatic rings. The number of rotatable bonds is 1. The largest absolute Gasteiger partial charge is 0.260 e. The Balaban J connectivity index is 3.34. The van der Waals surface area contributed by atoms with Gasteiger partial charge in [-0.2, -0.15) is 0 Å². The fourth-order valence-electron chi connectivity index (χ4n) is 2.06. The lowest BCUT2D eigenvalue weighted by atomic mass is 9.85. The van der Waals surface area contributed by atoms with E-state index in [4.69, 9.17) is 0 Å². The van der Waals surface area contributed by atoms with Crippen LogP contribution in [0.25, 0.3) is 0 Å². The fourth-order valence-corrected chi connectivity index (χ4v) is 2.06. The lowest BCUT2D eigenvalue weighted by Gasteiger charge is -2.23. The van der Waals surface area contributed by atoms with Gasteiger partial charge in [0.1, 0.15) is 0 Å². The van der Waals surface area contributed by atoms with E-state index in [9.17, 15) is 0 Å². The number of hydrogen-bond donors (Lipinski definition) is 0. The highest BCUT2D eigenvalue weighted by Crippen LogP contribution is 2.29. The van der Waals surface area contributed by atoms with Crippen LogP contribution in [0, 0.1) is 13.8 Å². The Morgan fingerprint density at radius 1 is 1.07 bits per heavy atom. The molecule has 15 heavy (non-hydrogen) atoms. The van der Waals surface area contributed by atoms with Crippen LogP contribution >= 0.6 is 0 Å². The van der Waals surface area contributed by atoms with E-state index >= 15 is 0 Å². The van der Waals surface area contributed by atoms with E-state index < -0.39 is 0 Å². The van der Waals surface area contributed by atoms with Crippen molar-refractivity contribution < 1.29 is 0 Å². The van der Waals surface area contributed by atoms with Crippen molar-refractivity contribution in [3.8, 4) is 0 Å².